The number of likely N-dealkylation sites (N-methyl/N-ethyl adjacent to an activating group) is 1. The zero-order valence-corrected chi connectivity index (χ0v) is 17.6. The molecule has 2 amide bonds. The zero-order chi connectivity index (χ0) is 22.0. The Kier molecular flexibility index (Phi) is 5.87. The second-order valence-electron chi connectivity index (χ2n) is 7.16. The molecule has 4 rings (SSSR count). The maximum Gasteiger partial charge on any atom is 0.282 e. The van der Waals surface area contributed by atoms with Crippen LogP contribution in [-0.2, 0) is 16.1 Å². The average molecular weight is 435 g/mol. The molecule has 0 N–H and O–H groups in total. The quantitative estimate of drug-likeness (QED) is 0.495. The summed E-state index contributed by atoms with van der Waals surface area (Å²) in [6.07, 6.45) is 0. The van der Waals surface area contributed by atoms with Crippen LogP contribution in [0.1, 0.15) is 18.1 Å². The molecule has 0 radical (unpaired) electrons. The fourth-order valence-electron chi connectivity index (χ4n) is 3.69. The van der Waals surface area contributed by atoms with Crippen molar-refractivity contribution >= 4 is 34.7 Å². The lowest BCUT2D eigenvalue weighted by molar-refractivity contribution is -0.120. The number of halogens is 2. The first kappa shape index (κ1) is 20.8. The fraction of sp³-hybridized carbons (Fsp3) is 0.120. The van der Waals surface area contributed by atoms with E-state index in [1.807, 2.05) is 42.2 Å². The minimum absolute atomic E-state index is 0.201. The monoisotopic (exact) mass is 434 g/mol. The molecule has 1 aliphatic heterocycles. The lowest BCUT2D eigenvalue weighted by Gasteiger charge is -2.25. The standard InChI is InChI=1S/C25H20ClFN2O2/c1-2-28(16-17-7-4-3-5-8-17)23-22(18-11-13-19(26)14-12-18)24(30)29(25(23)31)21-10-6-9-20(27)15-21/h3-15H,2,16H2,1H3. The molecule has 0 atom stereocenters. The van der Waals surface area contributed by atoms with Gasteiger partial charge in [0.1, 0.15) is 11.5 Å². The molecule has 0 saturated heterocycles. The molecule has 0 fully saturated rings. The summed E-state index contributed by atoms with van der Waals surface area (Å²) in [6.45, 7) is 2.90. The third-order valence-corrected chi connectivity index (χ3v) is 5.42. The summed E-state index contributed by atoms with van der Waals surface area (Å²) < 4.78 is 13.9. The Morgan fingerprint density at radius 1 is 0.903 bits per heavy atom. The lowest BCUT2D eigenvalue weighted by atomic mass is 10.0. The predicted molar refractivity (Wildman–Crippen MR) is 120 cm³/mol. The Labute approximate surface area is 185 Å². The molecule has 31 heavy (non-hydrogen) atoms. The van der Waals surface area contributed by atoms with Gasteiger partial charge in [-0.15, -0.1) is 0 Å². The first-order chi connectivity index (χ1) is 15.0. The smallest absolute Gasteiger partial charge is 0.282 e. The van der Waals surface area contributed by atoms with E-state index < -0.39 is 17.6 Å². The maximum absolute atomic E-state index is 13.9. The summed E-state index contributed by atoms with van der Waals surface area (Å²) >= 11 is 6.03. The van der Waals surface area contributed by atoms with Gasteiger partial charge in [-0.05, 0) is 48.4 Å². The van der Waals surface area contributed by atoms with E-state index in [1.54, 1.807) is 30.3 Å². The van der Waals surface area contributed by atoms with E-state index in [0.717, 1.165) is 10.5 Å². The summed E-state index contributed by atoms with van der Waals surface area (Å²) in [5.41, 5.74) is 2.37. The van der Waals surface area contributed by atoms with Gasteiger partial charge in [-0.2, -0.15) is 0 Å². The highest BCUT2D eigenvalue weighted by atomic mass is 35.5. The van der Waals surface area contributed by atoms with Crippen molar-refractivity contribution < 1.29 is 14.0 Å². The number of hydrogen-bond donors (Lipinski definition) is 0. The minimum atomic E-state index is -0.517. The van der Waals surface area contributed by atoms with Crippen molar-refractivity contribution in [1.29, 1.82) is 0 Å². The summed E-state index contributed by atoms with van der Waals surface area (Å²) in [6, 6.07) is 22.0. The second kappa shape index (κ2) is 8.74. The number of hydrogen-bond acceptors (Lipinski definition) is 3. The van der Waals surface area contributed by atoms with Gasteiger partial charge in [0.05, 0.1) is 11.3 Å². The summed E-state index contributed by atoms with van der Waals surface area (Å²) in [5, 5.41) is 0.529. The van der Waals surface area contributed by atoms with Crippen molar-refractivity contribution in [2.75, 3.05) is 11.4 Å². The first-order valence-electron chi connectivity index (χ1n) is 9.93. The highest BCUT2D eigenvalue weighted by Gasteiger charge is 2.42. The van der Waals surface area contributed by atoms with Gasteiger partial charge in [0.15, 0.2) is 0 Å². The van der Waals surface area contributed by atoms with Crippen LogP contribution in [0.15, 0.2) is 84.6 Å². The number of carbonyl (C=O) groups is 2. The van der Waals surface area contributed by atoms with Crippen LogP contribution >= 0.6 is 11.6 Å². The number of anilines is 1. The number of nitrogens with zero attached hydrogens (tertiary/aromatic N) is 2. The number of carbonyl (C=O) groups excluding carboxylic acids is 2. The van der Waals surface area contributed by atoms with Crippen molar-refractivity contribution in [3.05, 3.63) is 107 Å². The normalized spacial score (nSPS) is 13.8. The first-order valence-corrected chi connectivity index (χ1v) is 10.3. The van der Waals surface area contributed by atoms with Gasteiger partial charge < -0.3 is 4.90 Å². The van der Waals surface area contributed by atoms with Crippen molar-refractivity contribution in [3.63, 3.8) is 0 Å². The minimum Gasteiger partial charge on any atom is -0.362 e. The van der Waals surface area contributed by atoms with E-state index in [-0.39, 0.29) is 11.3 Å². The molecule has 3 aromatic carbocycles. The molecule has 0 spiro atoms. The number of benzene rings is 3. The molecule has 6 heteroatoms. The number of amides is 2. The molecule has 0 unspecified atom stereocenters. The van der Waals surface area contributed by atoms with Gasteiger partial charge in [-0.3, -0.25) is 9.59 Å². The van der Waals surface area contributed by atoms with Gasteiger partial charge in [-0.1, -0.05) is 60.1 Å². The second-order valence-corrected chi connectivity index (χ2v) is 7.59. The largest absolute Gasteiger partial charge is 0.362 e. The molecular formula is C25H20ClFN2O2. The third kappa shape index (κ3) is 4.09. The Balaban J connectivity index is 1.83. The van der Waals surface area contributed by atoms with Crippen LogP contribution in [0.3, 0.4) is 0 Å². The van der Waals surface area contributed by atoms with E-state index in [2.05, 4.69) is 0 Å². The highest BCUT2D eigenvalue weighted by Crippen LogP contribution is 2.35. The molecular weight excluding hydrogens is 415 g/mol. The van der Waals surface area contributed by atoms with Crippen LogP contribution in [0.4, 0.5) is 10.1 Å². The molecule has 3 aromatic rings. The predicted octanol–water partition coefficient (Wildman–Crippen LogP) is 5.29. The SMILES string of the molecule is CCN(Cc1ccccc1)C1=C(c2ccc(Cl)cc2)C(=O)N(c2cccc(F)c2)C1=O. The van der Waals surface area contributed by atoms with Gasteiger partial charge in [0, 0.05) is 18.1 Å². The molecule has 4 nitrogen and oxygen atoms in total. The number of rotatable bonds is 6. The van der Waals surface area contributed by atoms with Crippen LogP contribution in [0, 0.1) is 5.82 Å². The van der Waals surface area contributed by atoms with Gasteiger partial charge >= 0.3 is 0 Å². The van der Waals surface area contributed by atoms with E-state index in [1.165, 1.54) is 18.2 Å². The third-order valence-electron chi connectivity index (χ3n) is 5.17. The maximum atomic E-state index is 13.9. The number of imide groups is 1. The van der Waals surface area contributed by atoms with E-state index in [0.29, 0.717) is 29.4 Å². The topological polar surface area (TPSA) is 40.6 Å². The van der Waals surface area contributed by atoms with Crippen molar-refractivity contribution in [2.45, 2.75) is 13.5 Å². The van der Waals surface area contributed by atoms with Crippen LogP contribution in [0.5, 0.6) is 0 Å². The fourth-order valence-corrected chi connectivity index (χ4v) is 3.82. The molecule has 0 bridgehead atoms. The Morgan fingerprint density at radius 2 is 1.61 bits per heavy atom. The summed E-state index contributed by atoms with van der Waals surface area (Å²) in [4.78, 5) is 29.9. The van der Waals surface area contributed by atoms with Crippen molar-refractivity contribution in [2.24, 2.45) is 0 Å². The Morgan fingerprint density at radius 3 is 2.26 bits per heavy atom. The van der Waals surface area contributed by atoms with Crippen LogP contribution in [-0.4, -0.2) is 23.3 Å². The van der Waals surface area contributed by atoms with Gasteiger partial charge in [0.2, 0.25) is 0 Å². The molecule has 0 aliphatic carbocycles. The Bertz CT molecular complexity index is 1160. The van der Waals surface area contributed by atoms with Crippen molar-refractivity contribution in [3.8, 4) is 0 Å². The molecule has 156 valence electrons. The van der Waals surface area contributed by atoms with Crippen LogP contribution in [0.25, 0.3) is 5.57 Å². The Hall–Kier alpha value is -3.44. The molecule has 1 heterocycles. The molecule has 1 aliphatic rings. The highest BCUT2D eigenvalue weighted by molar-refractivity contribution is 6.45. The average Bonchev–Trinajstić information content (AvgIpc) is 3.03. The summed E-state index contributed by atoms with van der Waals surface area (Å²) in [5.74, 6) is -1.48. The van der Waals surface area contributed by atoms with Gasteiger partial charge in [-0.25, -0.2) is 9.29 Å². The summed E-state index contributed by atoms with van der Waals surface area (Å²) in [7, 11) is 0. The molecule has 0 saturated carbocycles. The van der Waals surface area contributed by atoms with Crippen molar-refractivity contribution in [1.82, 2.24) is 4.90 Å². The zero-order valence-electron chi connectivity index (χ0n) is 16.9. The van der Waals surface area contributed by atoms with Crippen LogP contribution in [0.2, 0.25) is 5.02 Å². The van der Waals surface area contributed by atoms with E-state index in [4.69, 9.17) is 11.6 Å². The van der Waals surface area contributed by atoms with Crippen LogP contribution < -0.4 is 4.90 Å². The lowest BCUT2D eigenvalue weighted by Crippen LogP contribution is -2.35. The van der Waals surface area contributed by atoms with E-state index >= 15 is 0 Å². The van der Waals surface area contributed by atoms with Gasteiger partial charge in [0.25, 0.3) is 11.8 Å². The van der Waals surface area contributed by atoms with E-state index in [9.17, 15) is 14.0 Å². The molecule has 0 aromatic heterocycles.